The SMILES string of the molecule is C[C@@H]1c2nc(CC(=O)N(C)C)cn2CCN1C(=O)Cc1ccc2c(c1)CCCO2. The molecule has 2 amide bonds. The normalized spacial score (nSPS) is 17.9. The number of aromatic nitrogens is 2. The summed E-state index contributed by atoms with van der Waals surface area (Å²) in [6, 6.07) is 5.97. The summed E-state index contributed by atoms with van der Waals surface area (Å²) in [5.74, 6) is 1.93. The van der Waals surface area contributed by atoms with E-state index in [1.54, 1.807) is 19.0 Å². The summed E-state index contributed by atoms with van der Waals surface area (Å²) in [6.07, 6.45) is 4.63. The fourth-order valence-corrected chi connectivity index (χ4v) is 4.09. The first-order chi connectivity index (χ1) is 13.9. The van der Waals surface area contributed by atoms with E-state index in [9.17, 15) is 9.59 Å². The van der Waals surface area contributed by atoms with E-state index in [0.29, 0.717) is 19.5 Å². The van der Waals surface area contributed by atoms with Crippen LogP contribution in [0.25, 0.3) is 0 Å². The summed E-state index contributed by atoms with van der Waals surface area (Å²) in [4.78, 5) is 33.1. The van der Waals surface area contributed by atoms with E-state index < -0.39 is 0 Å². The maximum atomic E-state index is 13.0. The van der Waals surface area contributed by atoms with Gasteiger partial charge in [0.25, 0.3) is 0 Å². The van der Waals surface area contributed by atoms with Crippen molar-refractivity contribution in [1.82, 2.24) is 19.4 Å². The molecule has 0 spiro atoms. The molecule has 2 aromatic rings. The van der Waals surface area contributed by atoms with E-state index in [-0.39, 0.29) is 24.3 Å². The Morgan fingerprint density at radius 3 is 2.86 bits per heavy atom. The Balaban J connectivity index is 1.46. The standard InChI is InChI=1S/C22H28N4O3/c1-15-22-23-18(13-20(27)24(2)3)14-25(22)8-9-26(15)21(28)12-16-6-7-19-17(11-16)5-4-10-29-19/h6-7,11,14-15H,4-5,8-10,12-13H2,1-3H3/t15-/m1/s1. The van der Waals surface area contributed by atoms with Crippen LogP contribution in [-0.4, -0.2) is 58.4 Å². The van der Waals surface area contributed by atoms with Gasteiger partial charge >= 0.3 is 0 Å². The van der Waals surface area contributed by atoms with Crippen LogP contribution in [-0.2, 0) is 35.4 Å². The van der Waals surface area contributed by atoms with Crippen molar-refractivity contribution in [3.05, 3.63) is 47.0 Å². The number of likely N-dealkylation sites (N-methyl/N-ethyl adjacent to an activating group) is 1. The topological polar surface area (TPSA) is 67.7 Å². The van der Waals surface area contributed by atoms with Gasteiger partial charge in [0.2, 0.25) is 11.8 Å². The number of hydrogen-bond acceptors (Lipinski definition) is 4. The molecule has 154 valence electrons. The lowest BCUT2D eigenvalue weighted by Gasteiger charge is -2.34. The van der Waals surface area contributed by atoms with Crippen LogP contribution < -0.4 is 4.74 Å². The van der Waals surface area contributed by atoms with Crippen LogP contribution >= 0.6 is 0 Å². The van der Waals surface area contributed by atoms with Gasteiger partial charge < -0.3 is 19.1 Å². The van der Waals surface area contributed by atoms with E-state index in [2.05, 4.69) is 15.6 Å². The van der Waals surface area contributed by atoms with Gasteiger partial charge in [-0.05, 0) is 37.0 Å². The summed E-state index contributed by atoms with van der Waals surface area (Å²) in [5, 5.41) is 0. The molecule has 1 aromatic heterocycles. The number of carbonyl (C=O) groups is 2. The number of carbonyl (C=O) groups excluding carboxylic acids is 2. The zero-order chi connectivity index (χ0) is 20.5. The molecular weight excluding hydrogens is 368 g/mol. The minimum atomic E-state index is -0.111. The van der Waals surface area contributed by atoms with Crippen molar-refractivity contribution in [3.8, 4) is 5.75 Å². The Hall–Kier alpha value is -2.83. The second kappa shape index (κ2) is 7.89. The maximum absolute atomic E-state index is 13.0. The van der Waals surface area contributed by atoms with Crippen molar-refractivity contribution >= 4 is 11.8 Å². The molecule has 0 fully saturated rings. The fraction of sp³-hybridized carbons (Fsp3) is 0.500. The van der Waals surface area contributed by atoms with Crippen LogP contribution in [0.4, 0.5) is 0 Å². The average Bonchev–Trinajstić information content (AvgIpc) is 3.11. The van der Waals surface area contributed by atoms with Crippen LogP contribution in [0.2, 0.25) is 0 Å². The smallest absolute Gasteiger partial charge is 0.228 e. The summed E-state index contributed by atoms with van der Waals surface area (Å²) < 4.78 is 7.74. The second-order valence-electron chi connectivity index (χ2n) is 8.08. The molecule has 0 radical (unpaired) electrons. The van der Waals surface area contributed by atoms with E-state index in [4.69, 9.17) is 4.74 Å². The zero-order valence-electron chi connectivity index (χ0n) is 17.4. The van der Waals surface area contributed by atoms with Gasteiger partial charge in [0.15, 0.2) is 0 Å². The van der Waals surface area contributed by atoms with Crippen LogP contribution in [0.5, 0.6) is 5.75 Å². The number of aryl methyl sites for hydroxylation is 1. The Morgan fingerprint density at radius 2 is 2.07 bits per heavy atom. The monoisotopic (exact) mass is 396 g/mol. The van der Waals surface area contributed by atoms with Crippen LogP contribution in [0, 0.1) is 0 Å². The third-order valence-electron chi connectivity index (χ3n) is 5.76. The van der Waals surface area contributed by atoms with Gasteiger partial charge in [-0.2, -0.15) is 0 Å². The van der Waals surface area contributed by atoms with Gasteiger partial charge in [-0.3, -0.25) is 9.59 Å². The van der Waals surface area contributed by atoms with Crippen molar-refractivity contribution in [3.63, 3.8) is 0 Å². The third kappa shape index (κ3) is 3.99. The van der Waals surface area contributed by atoms with Crippen molar-refractivity contribution < 1.29 is 14.3 Å². The number of ether oxygens (including phenoxy) is 1. The molecule has 7 nitrogen and oxygen atoms in total. The predicted octanol–water partition coefficient (Wildman–Crippen LogP) is 1.98. The molecule has 0 aliphatic carbocycles. The number of nitrogens with zero attached hydrogens (tertiary/aromatic N) is 4. The molecule has 2 aliphatic rings. The highest BCUT2D eigenvalue weighted by atomic mass is 16.5. The van der Waals surface area contributed by atoms with Crippen LogP contribution in [0.15, 0.2) is 24.4 Å². The number of benzene rings is 1. The summed E-state index contributed by atoms with van der Waals surface area (Å²) >= 11 is 0. The third-order valence-corrected chi connectivity index (χ3v) is 5.76. The molecule has 4 rings (SSSR count). The molecule has 0 saturated carbocycles. The second-order valence-corrected chi connectivity index (χ2v) is 8.08. The number of hydrogen-bond donors (Lipinski definition) is 0. The number of fused-ring (bicyclic) bond motifs is 2. The molecule has 0 saturated heterocycles. The molecule has 7 heteroatoms. The number of rotatable bonds is 4. The van der Waals surface area contributed by atoms with Gasteiger partial charge in [-0.15, -0.1) is 0 Å². The number of amides is 2. The lowest BCUT2D eigenvalue weighted by Crippen LogP contribution is -2.41. The molecule has 0 bridgehead atoms. The first-order valence-corrected chi connectivity index (χ1v) is 10.2. The van der Waals surface area contributed by atoms with Crippen LogP contribution in [0.1, 0.15) is 42.0 Å². The van der Waals surface area contributed by atoms with Crippen LogP contribution in [0.3, 0.4) is 0 Å². The minimum Gasteiger partial charge on any atom is -0.493 e. The molecule has 29 heavy (non-hydrogen) atoms. The first kappa shape index (κ1) is 19.5. The number of imidazole rings is 1. The van der Waals surface area contributed by atoms with Gasteiger partial charge in [0.1, 0.15) is 11.6 Å². The summed E-state index contributed by atoms with van der Waals surface area (Å²) in [6.45, 7) is 4.13. The lowest BCUT2D eigenvalue weighted by molar-refractivity contribution is -0.133. The highest BCUT2D eigenvalue weighted by Gasteiger charge is 2.30. The molecule has 0 N–H and O–H groups in total. The average molecular weight is 396 g/mol. The highest BCUT2D eigenvalue weighted by Crippen LogP contribution is 2.28. The van der Waals surface area contributed by atoms with E-state index in [1.807, 2.05) is 30.2 Å². The molecule has 1 atom stereocenters. The Labute approximate surface area is 171 Å². The molecule has 1 aromatic carbocycles. The Kier molecular flexibility index (Phi) is 5.30. The van der Waals surface area contributed by atoms with E-state index >= 15 is 0 Å². The van der Waals surface area contributed by atoms with Crippen molar-refractivity contribution in [2.24, 2.45) is 0 Å². The minimum absolute atomic E-state index is 0.0254. The van der Waals surface area contributed by atoms with Gasteiger partial charge in [-0.25, -0.2) is 4.98 Å². The van der Waals surface area contributed by atoms with E-state index in [0.717, 1.165) is 42.3 Å². The van der Waals surface area contributed by atoms with Gasteiger partial charge in [0, 0.05) is 33.4 Å². The maximum Gasteiger partial charge on any atom is 0.228 e. The Morgan fingerprint density at radius 1 is 1.24 bits per heavy atom. The molecule has 2 aliphatic heterocycles. The summed E-state index contributed by atoms with van der Waals surface area (Å²) in [5.41, 5.74) is 2.98. The molecule has 3 heterocycles. The van der Waals surface area contributed by atoms with E-state index in [1.165, 1.54) is 5.56 Å². The highest BCUT2D eigenvalue weighted by molar-refractivity contribution is 5.79. The summed E-state index contributed by atoms with van der Waals surface area (Å²) in [7, 11) is 3.49. The lowest BCUT2D eigenvalue weighted by atomic mass is 10.0. The van der Waals surface area contributed by atoms with Gasteiger partial charge in [0.05, 0.1) is 31.2 Å². The van der Waals surface area contributed by atoms with Crippen molar-refractivity contribution in [1.29, 1.82) is 0 Å². The Bertz CT molecular complexity index is 934. The molecule has 0 unspecified atom stereocenters. The zero-order valence-corrected chi connectivity index (χ0v) is 17.4. The van der Waals surface area contributed by atoms with Gasteiger partial charge in [-0.1, -0.05) is 12.1 Å². The largest absolute Gasteiger partial charge is 0.493 e. The molecular formula is C22H28N4O3. The van der Waals surface area contributed by atoms with Crippen molar-refractivity contribution in [2.45, 2.75) is 45.2 Å². The van der Waals surface area contributed by atoms with Crippen molar-refractivity contribution in [2.75, 3.05) is 27.2 Å². The first-order valence-electron chi connectivity index (χ1n) is 10.2. The fourth-order valence-electron chi connectivity index (χ4n) is 4.09. The predicted molar refractivity (Wildman–Crippen MR) is 109 cm³/mol. The quantitative estimate of drug-likeness (QED) is 0.793.